The van der Waals surface area contributed by atoms with Gasteiger partial charge in [-0.15, -0.1) is 0 Å². The summed E-state index contributed by atoms with van der Waals surface area (Å²) in [7, 11) is 0. The van der Waals surface area contributed by atoms with Crippen LogP contribution in [0.25, 0.3) is 0 Å². The second-order valence-electron chi connectivity index (χ2n) is 3.28. The molecule has 0 aliphatic carbocycles. The van der Waals surface area contributed by atoms with Gasteiger partial charge in [0.25, 0.3) is 0 Å². The van der Waals surface area contributed by atoms with Crippen LogP contribution < -0.4 is 0 Å². The predicted molar refractivity (Wildman–Crippen MR) is 68.6 cm³/mol. The average molecular weight is 290 g/mol. The monoisotopic (exact) mass is 289 g/mol. The summed E-state index contributed by atoms with van der Waals surface area (Å²) < 4.78 is 1.57. The molecular weight excluding hydrogens is 274 g/mol. The van der Waals surface area contributed by atoms with E-state index in [1.165, 1.54) is 0 Å². The van der Waals surface area contributed by atoms with Crippen LogP contribution in [0.2, 0.25) is 0 Å². The Morgan fingerprint density at radius 1 is 1.47 bits per heavy atom. The van der Waals surface area contributed by atoms with Crippen LogP contribution in [0, 0.1) is 4.64 Å². The molecule has 1 heterocycles. The topological polar surface area (TPSA) is 31.9 Å². The standard InChI is InChI=1S/C10H16BrN3S/c1-3-14(4-2)6-5-9-12-7-8(11)10(15)13-9/h7H,3-6H2,1-2H3,(H,12,13,15). The number of likely N-dealkylation sites (N-methyl/N-ethyl adjacent to an activating group) is 1. The Bertz CT molecular complexity index is 360. The number of rotatable bonds is 5. The fraction of sp³-hybridized carbons (Fsp3) is 0.600. The van der Waals surface area contributed by atoms with E-state index in [0.717, 1.165) is 41.0 Å². The van der Waals surface area contributed by atoms with E-state index < -0.39 is 0 Å². The highest BCUT2D eigenvalue weighted by atomic mass is 79.9. The molecule has 0 saturated heterocycles. The van der Waals surface area contributed by atoms with Crippen molar-refractivity contribution < 1.29 is 0 Å². The summed E-state index contributed by atoms with van der Waals surface area (Å²) in [5.41, 5.74) is 0. The first-order chi connectivity index (χ1) is 7.17. The maximum Gasteiger partial charge on any atom is 0.120 e. The van der Waals surface area contributed by atoms with Crippen molar-refractivity contribution in [3.8, 4) is 0 Å². The summed E-state index contributed by atoms with van der Waals surface area (Å²) in [6.07, 6.45) is 2.68. The Hall–Kier alpha value is -0.260. The van der Waals surface area contributed by atoms with Crippen molar-refractivity contribution in [1.82, 2.24) is 14.9 Å². The van der Waals surface area contributed by atoms with Crippen LogP contribution in [0.3, 0.4) is 0 Å². The first-order valence-corrected chi connectivity index (χ1v) is 6.33. The van der Waals surface area contributed by atoms with E-state index in [0.29, 0.717) is 0 Å². The van der Waals surface area contributed by atoms with Crippen molar-refractivity contribution in [2.75, 3.05) is 19.6 Å². The van der Waals surface area contributed by atoms with E-state index in [9.17, 15) is 0 Å². The van der Waals surface area contributed by atoms with Gasteiger partial charge < -0.3 is 9.88 Å². The highest BCUT2D eigenvalue weighted by Crippen LogP contribution is 2.08. The lowest BCUT2D eigenvalue weighted by molar-refractivity contribution is 0.305. The quantitative estimate of drug-likeness (QED) is 0.846. The molecule has 0 radical (unpaired) electrons. The minimum atomic E-state index is 0.722. The summed E-state index contributed by atoms with van der Waals surface area (Å²) >= 11 is 8.45. The van der Waals surface area contributed by atoms with Crippen LogP contribution in [0.1, 0.15) is 19.7 Å². The number of nitrogens with zero attached hydrogens (tertiary/aromatic N) is 2. The van der Waals surface area contributed by atoms with Gasteiger partial charge in [0.2, 0.25) is 0 Å². The minimum Gasteiger partial charge on any atom is -0.334 e. The zero-order chi connectivity index (χ0) is 11.3. The third-order valence-corrected chi connectivity index (χ3v) is 3.55. The lowest BCUT2D eigenvalue weighted by Crippen LogP contribution is -2.25. The molecule has 1 aromatic rings. The number of halogens is 1. The number of H-pyrrole nitrogens is 1. The fourth-order valence-corrected chi connectivity index (χ4v) is 1.72. The van der Waals surface area contributed by atoms with Gasteiger partial charge in [-0.2, -0.15) is 0 Å². The number of aromatic nitrogens is 2. The molecular formula is C10H16BrN3S. The van der Waals surface area contributed by atoms with Crippen molar-refractivity contribution in [1.29, 1.82) is 0 Å². The number of nitrogens with one attached hydrogen (secondary N) is 1. The minimum absolute atomic E-state index is 0.722. The van der Waals surface area contributed by atoms with Crippen LogP contribution >= 0.6 is 28.1 Å². The molecule has 3 nitrogen and oxygen atoms in total. The summed E-state index contributed by atoms with van der Waals surface area (Å²) in [5.74, 6) is 0.954. The van der Waals surface area contributed by atoms with Crippen molar-refractivity contribution in [3.63, 3.8) is 0 Å². The Morgan fingerprint density at radius 2 is 2.13 bits per heavy atom. The fourth-order valence-electron chi connectivity index (χ4n) is 1.35. The van der Waals surface area contributed by atoms with Gasteiger partial charge in [-0.3, -0.25) is 0 Å². The van der Waals surface area contributed by atoms with Gasteiger partial charge in [-0.25, -0.2) is 4.98 Å². The second-order valence-corrected chi connectivity index (χ2v) is 4.55. The van der Waals surface area contributed by atoms with Crippen LogP contribution in [-0.4, -0.2) is 34.5 Å². The Morgan fingerprint density at radius 3 is 2.67 bits per heavy atom. The highest BCUT2D eigenvalue weighted by Gasteiger charge is 2.01. The lowest BCUT2D eigenvalue weighted by Gasteiger charge is -2.17. The summed E-state index contributed by atoms with van der Waals surface area (Å²) in [4.78, 5) is 9.75. The molecule has 1 N–H and O–H groups in total. The molecule has 84 valence electrons. The molecule has 1 rings (SSSR count). The molecule has 0 bridgehead atoms. The van der Waals surface area contributed by atoms with Crippen molar-refractivity contribution >= 4 is 28.1 Å². The molecule has 0 spiro atoms. The zero-order valence-corrected chi connectivity index (χ0v) is 11.5. The van der Waals surface area contributed by atoms with Gasteiger partial charge in [0.05, 0.1) is 4.47 Å². The van der Waals surface area contributed by atoms with Crippen LogP contribution in [0.4, 0.5) is 0 Å². The smallest absolute Gasteiger partial charge is 0.120 e. The van der Waals surface area contributed by atoms with Crippen LogP contribution in [0.15, 0.2) is 10.7 Å². The van der Waals surface area contributed by atoms with E-state index in [-0.39, 0.29) is 0 Å². The highest BCUT2D eigenvalue weighted by molar-refractivity contribution is 9.10. The molecule has 0 aliphatic rings. The van der Waals surface area contributed by atoms with Crippen LogP contribution in [-0.2, 0) is 6.42 Å². The Balaban J connectivity index is 2.58. The molecule has 5 heteroatoms. The number of hydrogen-bond acceptors (Lipinski definition) is 3. The van der Waals surface area contributed by atoms with E-state index in [1.807, 2.05) is 0 Å². The molecule has 15 heavy (non-hydrogen) atoms. The number of aromatic amines is 1. The van der Waals surface area contributed by atoms with E-state index >= 15 is 0 Å². The van der Waals surface area contributed by atoms with Gasteiger partial charge >= 0.3 is 0 Å². The zero-order valence-electron chi connectivity index (χ0n) is 9.09. The van der Waals surface area contributed by atoms with Gasteiger partial charge in [0.1, 0.15) is 10.5 Å². The maximum absolute atomic E-state index is 5.12. The van der Waals surface area contributed by atoms with Gasteiger partial charge in [-0.1, -0.05) is 26.1 Å². The summed E-state index contributed by atoms with van der Waals surface area (Å²) in [5, 5.41) is 0. The Labute approximate surface area is 104 Å². The maximum atomic E-state index is 5.12. The normalized spacial score (nSPS) is 10.9. The van der Waals surface area contributed by atoms with Gasteiger partial charge in [0.15, 0.2) is 0 Å². The third-order valence-electron chi connectivity index (χ3n) is 2.37. The molecule has 0 amide bonds. The number of hydrogen-bond donors (Lipinski definition) is 1. The SMILES string of the molecule is CCN(CC)CCc1ncc(Br)c(=S)[nH]1. The third kappa shape index (κ3) is 4.01. The molecule has 0 saturated carbocycles. The molecule has 0 aromatic carbocycles. The summed E-state index contributed by atoms with van der Waals surface area (Å²) in [6, 6.07) is 0. The van der Waals surface area contributed by atoms with E-state index in [2.05, 4.69) is 44.6 Å². The van der Waals surface area contributed by atoms with Crippen molar-refractivity contribution in [3.05, 3.63) is 21.1 Å². The average Bonchev–Trinajstić information content (AvgIpc) is 2.24. The first-order valence-electron chi connectivity index (χ1n) is 5.13. The van der Waals surface area contributed by atoms with Gasteiger partial charge in [-0.05, 0) is 29.0 Å². The van der Waals surface area contributed by atoms with Crippen molar-refractivity contribution in [2.45, 2.75) is 20.3 Å². The molecule has 0 unspecified atom stereocenters. The van der Waals surface area contributed by atoms with E-state index in [1.54, 1.807) is 6.20 Å². The Kier molecular flexibility index (Phi) is 5.42. The summed E-state index contributed by atoms with van der Waals surface area (Å²) in [6.45, 7) is 7.51. The predicted octanol–water partition coefficient (Wildman–Crippen LogP) is 2.79. The molecule has 1 aromatic heterocycles. The van der Waals surface area contributed by atoms with Gasteiger partial charge in [0, 0.05) is 19.2 Å². The molecule has 0 atom stereocenters. The largest absolute Gasteiger partial charge is 0.334 e. The molecule has 0 fully saturated rings. The lowest BCUT2D eigenvalue weighted by atomic mass is 10.3. The second kappa shape index (κ2) is 6.35. The van der Waals surface area contributed by atoms with Crippen molar-refractivity contribution in [2.24, 2.45) is 0 Å². The first kappa shape index (κ1) is 12.8. The van der Waals surface area contributed by atoms with Crippen LogP contribution in [0.5, 0.6) is 0 Å². The molecule has 0 aliphatic heterocycles. The van der Waals surface area contributed by atoms with E-state index in [4.69, 9.17) is 12.2 Å².